The monoisotopic (exact) mass is 271 g/mol. The van der Waals surface area contributed by atoms with Crippen LogP contribution in [0.5, 0.6) is 5.75 Å². The summed E-state index contributed by atoms with van der Waals surface area (Å²) in [7, 11) is 3.97. The van der Waals surface area contributed by atoms with Gasteiger partial charge in [0.05, 0.1) is 6.61 Å². The van der Waals surface area contributed by atoms with Gasteiger partial charge in [-0.2, -0.15) is 0 Å². The van der Waals surface area contributed by atoms with Gasteiger partial charge in [0.2, 0.25) is 0 Å². The molecule has 0 atom stereocenters. The molecule has 0 heterocycles. The van der Waals surface area contributed by atoms with E-state index in [1.165, 1.54) is 6.07 Å². The normalized spacial score (nSPS) is 10.4. The van der Waals surface area contributed by atoms with Gasteiger partial charge in [-0.1, -0.05) is 0 Å². The highest BCUT2D eigenvalue weighted by atomic mass is 32.1. The predicted octanol–water partition coefficient (Wildman–Crippen LogP) is 1.81. The minimum Gasteiger partial charge on any atom is -0.490 e. The number of hydrogen-bond donors (Lipinski definition) is 2. The molecule has 0 aliphatic carbocycles. The summed E-state index contributed by atoms with van der Waals surface area (Å²) in [6, 6.07) is 4.54. The van der Waals surface area contributed by atoms with Crippen LogP contribution in [-0.4, -0.2) is 37.3 Å². The molecule has 0 radical (unpaired) electrons. The third kappa shape index (κ3) is 5.29. The van der Waals surface area contributed by atoms with Gasteiger partial charge in [0.15, 0.2) is 16.7 Å². The Kier molecular flexibility index (Phi) is 5.80. The van der Waals surface area contributed by atoms with Crippen molar-refractivity contribution < 1.29 is 9.13 Å². The van der Waals surface area contributed by atoms with Crippen LogP contribution in [0, 0.1) is 5.82 Å². The van der Waals surface area contributed by atoms with Gasteiger partial charge in [0.25, 0.3) is 0 Å². The molecule has 0 aliphatic rings. The van der Waals surface area contributed by atoms with Crippen LogP contribution in [0.4, 0.5) is 10.1 Å². The zero-order valence-electron chi connectivity index (χ0n) is 10.6. The van der Waals surface area contributed by atoms with E-state index in [0.717, 1.165) is 13.0 Å². The lowest BCUT2D eigenvalue weighted by Gasteiger charge is -2.11. The molecule has 0 saturated heterocycles. The molecular weight excluding hydrogens is 253 g/mol. The number of rotatable bonds is 6. The summed E-state index contributed by atoms with van der Waals surface area (Å²) in [4.78, 5) is 2.05. The molecule has 6 heteroatoms. The van der Waals surface area contributed by atoms with Crippen molar-refractivity contribution in [2.24, 2.45) is 5.73 Å². The van der Waals surface area contributed by atoms with Gasteiger partial charge in [-0.15, -0.1) is 0 Å². The average Bonchev–Trinajstić information content (AvgIpc) is 2.25. The summed E-state index contributed by atoms with van der Waals surface area (Å²) in [5.74, 6) is -0.191. The van der Waals surface area contributed by atoms with Crippen LogP contribution in [-0.2, 0) is 0 Å². The Hall–Kier alpha value is -1.40. The van der Waals surface area contributed by atoms with Gasteiger partial charge < -0.3 is 20.7 Å². The minimum absolute atomic E-state index is 0.106. The van der Waals surface area contributed by atoms with E-state index in [9.17, 15) is 4.39 Å². The molecule has 0 aromatic heterocycles. The first kappa shape index (κ1) is 14.7. The molecular formula is C12H18FN3OS. The lowest BCUT2D eigenvalue weighted by Crippen LogP contribution is -2.19. The van der Waals surface area contributed by atoms with Gasteiger partial charge in [0.1, 0.15) is 0 Å². The van der Waals surface area contributed by atoms with Crippen molar-refractivity contribution in [2.75, 3.05) is 32.6 Å². The number of ether oxygens (including phenoxy) is 1. The van der Waals surface area contributed by atoms with Crippen molar-refractivity contribution in [3.05, 3.63) is 24.0 Å². The van der Waals surface area contributed by atoms with Crippen molar-refractivity contribution in [2.45, 2.75) is 6.42 Å². The molecule has 0 saturated carbocycles. The van der Waals surface area contributed by atoms with Crippen LogP contribution in [0.15, 0.2) is 18.2 Å². The molecule has 0 fully saturated rings. The number of nitrogens with two attached hydrogens (primary N) is 1. The third-order valence-corrected chi connectivity index (χ3v) is 2.31. The molecule has 1 aromatic carbocycles. The van der Waals surface area contributed by atoms with E-state index in [4.69, 9.17) is 10.5 Å². The third-order valence-electron chi connectivity index (χ3n) is 2.21. The van der Waals surface area contributed by atoms with Gasteiger partial charge in [-0.05, 0) is 44.9 Å². The number of hydrogen-bond acceptors (Lipinski definition) is 3. The topological polar surface area (TPSA) is 50.5 Å². The Morgan fingerprint density at radius 2 is 2.22 bits per heavy atom. The average molecular weight is 271 g/mol. The highest BCUT2D eigenvalue weighted by Gasteiger charge is 2.05. The fourth-order valence-corrected chi connectivity index (χ4v) is 1.52. The van der Waals surface area contributed by atoms with Gasteiger partial charge in [0, 0.05) is 18.3 Å². The molecule has 0 spiro atoms. The van der Waals surface area contributed by atoms with E-state index in [-0.39, 0.29) is 10.9 Å². The van der Waals surface area contributed by atoms with Gasteiger partial charge in [-0.3, -0.25) is 0 Å². The molecule has 3 N–H and O–H groups in total. The molecule has 1 aromatic rings. The van der Waals surface area contributed by atoms with Crippen LogP contribution in [0.25, 0.3) is 0 Å². The second-order valence-electron chi connectivity index (χ2n) is 4.14. The highest BCUT2D eigenvalue weighted by molar-refractivity contribution is 7.80. The van der Waals surface area contributed by atoms with Crippen molar-refractivity contribution in [3.63, 3.8) is 0 Å². The molecule has 4 nitrogen and oxygen atoms in total. The van der Waals surface area contributed by atoms with E-state index >= 15 is 0 Å². The molecule has 0 unspecified atom stereocenters. The number of nitrogens with zero attached hydrogens (tertiary/aromatic N) is 1. The maximum absolute atomic E-state index is 13.6. The Labute approximate surface area is 112 Å². The lowest BCUT2D eigenvalue weighted by molar-refractivity contribution is 0.271. The van der Waals surface area contributed by atoms with E-state index in [1.807, 2.05) is 14.1 Å². The van der Waals surface area contributed by atoms with Crippen LogP contribution in [0.2, 0.25) is 0 Å². The van der Waals surface area contributed by atoms with Crippen molar-refractivity contribution in [3.8, 4) is 5.75 Å². The maximum Gasteiger partial charge on any atom is 0.168 e. The predicted molar refractivity (Wildman–Crippen MR) is 75.5 cm³/mol. The Morgan fingerprint density at radius 1 is 1.50 bits per heavy atom. The van der Waals surface area contributed by atoms with Gasteiger partial charge >= 0.3 is 0 Å². The van der Waals surface area contributed by atoms with E-state index in [0.29, 0.717) is 12.3 Å². The maximum atomic E-state index is 13.6. The standard InChI is InChI=1S/C12H18FN3OS/c1-16(2)6-3-7-17-11-5-4-9(8-10(11)13)15-12(14)18/h4-5,8H,3,6-7H2,1-2H3,(H3,14,15,18). The first-order chi connectivity index (χ1) is 8.49. The summed E-state index contributed by atoms with van der Waals surface area (Å²) in [6.07, 6.45) is 0.847. The Bertz CT molecular complexity index is 412. The summed E-state index contributed by atoms with van der Waals surface area (Å²) in [6.45, 7) is 1.39. The van der Waals surface area contributed by atoms with E-state index < -0.39 is 5.82 Å². The lowest BCUT2D eigenvalue weighted by atomic mass is 10.3. The minimum atomic E-state index is -0.430. The second kappa shape index (κ2) is 7.13. The SMILES string of the molecule is CN(C)CCCOc1ccc(NC(N)=S)cc1F. The first-order valence-corrected chi connectivity index (χ1v) is 6.03. The fourth-order valence-electron chi connectivity index (χ4n) is 1.40. The van der Waals surface area contributed by atoms with Crippen LogP contribution in [0.1, 0.15) is 6.42 Å². The smallest absolute Gasteiger partial charge is 0.168 e. The molecule has 0 bridgehead atoms. The Balaban J connectivity index is 2.49. The summed E-state index contributed by atoms with van der Waals surface area (Å²) in [5, 5.41) is 2.77. The number of halogens is 1. The quantitative estimate of drug-likeness (QED) is 0.610. The van der Waals surface area contributed by atoms with Crippen LogP contribution >= 0.6 is 12.2 Å². The number of anilines is 1. The van der Waals surface area contributed by atoms with E-state index in [2.05, 4.69) is 22.4 Å². The zero-order chi connectivity index (χ0) is 13.5. The van der Waals surface area contributed by atoms with Crippen LogP contribution in [0.3, 0.4) is 0 Å². The molecule has 18 heavy (non-hydrogen) atoms. The highest BCUT2D eigenvalue weighted by Crippen LogP contribution is 2.21. The van der Waals surface area contributed by atoms with Crippen molar-refractivity contribution >= 4 is 23.0 Å². The fraction of sp³-hybridized carbons (Fsp3) is 0.417. The summed E-state index contributed by atoms with van der Waals surface area (Å²) < 4.78 is 19.0. The largest absolute Gasteiger partial charge is 0.490 e. The molecule has 0 aliphatic heterocycles. The van der Waals surface area contributed by atoms with Gasteiger partial charge in [-0.25, -0.2) is 4.39 Å². The van der Waals surface area contributed by atoms with Crippen molar-refractivity contribution in [1.29, 1.82) is 0 Å². The molecule has 0 amide bonds. The first-order valence-electron chi connectivity index (χ1n) is 5.62. The number of thiocarbonyl (C=S) groups is 1. The molecule has 100 valence electrons. The second-order valence-corrected chi connectivity index (χ2v) is 4.58. The molecule has 1 rings (SSSR count). The van der Waals surface area contributed by atoms with Crippen molar-refractivity contribution in [1.82, 2.24) is 4.90 Å². The number of nitrogens with one attached hydrogen (secondary N) is 1. The van der Waals surface area contributed by atoms with Crippen LogP contribution < -0.4 is 15.8 Å². The Morgan fingerprint density at radius 3 is 2.78 bits per heavy atom. The van der Waals surface area contributed by atoms with E-state index in [1.54, 1.807) is 12.1 Å². The number of benzene rings is 1. The summed E-state index contributed by atoms with van der Waals surface area (Å²) >= 11 is 4.67. The summed E-state index contributed by atoms with van der Waals surface area (Å²) in [5.41, 5.74) is 5.82. The zero-order valence-corrected chi connectivity index (χ0v) is 11.4.